The molecule has 0 saturated carbocycles. The number of benzene rings is 2. The van der Waals surface area contributed by atoms with Gasteiger partial charge in [0.25, 0.3) is 0 Å². The highest BCUT2D eigenvalue weighted by atomic mass is 32.2. The van der Waals surface area contributed by atoms with Crippen LogP contribution in [-0.4, -0.2) is 59.8 Å². The molecule has 1 aliphatic heterocycles. The zero-order valence-corrected chi connectivity index (χ0v) is 23.3. The van der Waals surface area contributed by atoms with Gasteiger partial charge < -0.3 is 24.7 Å². The fourth-order valence-corrected chi connectivity index (χ4v) is 6.43. The second kappa shape index (κ2) is 11.3. The molecule has 2 heterocycles. The molecule has 10 nitrogen and oxygen atoms in total. The predicted molar refractivity (Wildman–Crippen MR) is 146 cm³/mol. The molecule has 0 bridgehead atoms. The molecule has 2 aromatic carbocycles. The molecule has 39 heavy (non-hydrogen) atoms. The molecule has 1 aliphatic rings. The molecule has 0 spiro atoms. The molecule has 3 N–H and O–H groups in total. The van der Waals surface area contributed by atoms with Gasteiger partial charge in [-0.25, -0.2) is 13.2 Å². The second-order valence-corrected chi connectivity index (χ2v) is 12.5. The third-order valence-electron chi connectivity index (χ3n) is 6.53. The summed E-state index contributed by atoms with van der Waals surface area (Å²) >= 11 is 0. The van der Waals surface area contributed by atoms with Gasteiger partial charge in [0, 0.05) is 24.8 Å². The maximum atomic E-state index is 13.7. The van der Waals surface area contributed by atoms with Gasteiger partial charge in [-0.2, -0.15) is 4.31 Å². The normalized spacial score (nSPS) is 19.1. The summed E-state index contributed by atoms with van der Waals surface area (Å²) < 4.78 is 45.9. The van der Waals surface area contributed by atoms with Gasteiger partial charge in [-0.15, -0.1) is 0 Å². The molecule has 11 heteroatoms. The SMILES string of the molecule is CC(C)CN(C[C@H]1OC(C)(C)N(C(=O)Oc2ccoc2)[C@H]1Cc1ccc(O)cc1)S(=O)(=O)c1ccc(N)cc1. The summed E-state index contributed by atoms with van der Waals surface area (Å²) in [5.41, 5.74) is 5.97. The number of nitrogens with two attached hydrogens (primary N) is 1. The summed E-state index contributed by atoms with van der Waals surface area (Å²) in [6.45, 7) is 7.62. The number of carbonyl (C=O) groups is 1. The zero-order chi connectivity index (χ0) is 28.4. The molecule has 1 fully saturated rings. The Bertz CT molecular complexity index is 1360. The van der Waals surface area contributed by atoms with E-state index in [2.05, 4.69) is 0 Å². The maximum absolute atomic E-state index is 13.7. The molecule has 1 aromatic heterocycles. The third kappa shape index (κ3) is 6.55. The lowest BCUT2D eigenvalue weighted by molar-refractivity contribution is -0.0681. The van der Waals surface area contributed by atoms with Gasteiger partial charge in [0.2, 0.25) is 10.0 Å². The number of phenolic OH excluding ortho intramolecular Hbond substituents is 1. The van der Waals surface area contributed by atoms with Crippen LogP contribution >= 0.6 is 0 Å². The Morgan fingerprint density at radius 1 is 1.13 bits per heavy atom. The van der Waals surface area contributed by atoms with Gasteiger partial charge >= 0.3 is 6.09 Å². The number of sulfonamides is 1. The van der Waals surface area contributed by atoms with Crippen molar-refractivity contribution in [2.24, 2.45) is 5.92 Å². The number of hydrogen-bond donors (Lipinski definition) is 2. The van der Waals surface area contributed by atoms with Gasteiger partial charge in [-0.05, 0) is 68.1 Å². The number of aromatic hydroxyl groups is 1. The molecule has 1 amide bonds. The summed E-state index contributed by atoms with van der Waals surface area (Å²) in [4.78, 5) is 15.1. The van der Waals surface area contributed by atoms with E-state index in [9.17, 15) is 18.3 Å². The molecule has 210 valence electrons. The Morgan fingerprint density at radius 3 is 2.38 bits per heavy atom. The van der Waals surface area contributed by atoms with Crippen molar-refractivity contribution < 1.29 is 32.2 Å². The minimum Gasteiger partial charge on any atom is -0.508 e. The number of anilines is 1. The average molecular weight is 558 g/mol. The second-order valence-electron chi connectivity index (χ2n) is 10.5. The van der Waals surface area contributed by atoms with Crippen LogP contribution in [0.2, 0.25) is 0 Å². The van der Waals surface area contributed by atoms with Crippen LogP contribution in [-0.2, 0) is 21.2 Å². The van der Waals surface area contributed by atoms with Gasteiger partial charge in [0.15, 0.2) is 5.75 Å². The topological polar surface area (TPSA) is 136 Å². The minimum atomic E-state index is -3.90. The first-order valence-corrected chi connectivity index (χ1v) is 14.2. The number of nitrogens with zero attached hydrogens (tertiary/aromatic N) is 2. The van der Waals surface area contributed by atoms with Crippen molar-refractivity contribution in [1.82, 2.24) is 9.21 Å². The first-order valence-electron chi connectivity index (χ1n) is 12.7. The van der Waals surface area contributed by atoms with E-state index in [0.717, 1.165) is 5.56 Å². The number of ether oxygens (including phenoxy) is 2. The van der Waals surface area contributed by atoms with Gasteiger partial charge in [0.1, 0.15) is 17.7 Å². The van der Waals surface area contributed by atoms with Crippen molar-refractivity contribution in [2.45, 2.75) is 56.9 Å². The number of nitrogen functional groups attached to an aromatic ring is 1. The molecule has 3 aromatic rings. The lowest BCUT2D eigenvalue weighted by atomic mass is 10.00. The number of carbonyl (C=O) groups excluding carboxylic acids is 1. The highest BCUT2D eigenvalue weighted by Crippen LogP contribution is 2.36. The average Bonchev–Trinajstić information content (AvgIpc) is 3.45. The molecular weight excluding hydrogens is 522 g/mol. The van der Waals surface area contributed by atoms with E-state index < -0.39 is 34.0 Å². The van der Waals surface area contributed by atoms with E-state index in [1.165, 1.54) is 39.9 Å². The Hall–Kier alpha value is -3.54. The first-order chi connectivity index (χ1) is 18.4. The highest BCUT2D eigenvalue weighted by molar-refractivity contribution is 7.89. The predicted octanol–water partition coefficient (Wildman–Crippen LogP) is 4.46. The fourth-order valence-electron chi connectivity index (χ4n) is 4.81. The fraction of sp³-hybridized carbons (Fsp3) is 0.393. The summed E-state index contributed by atoms with van der Waals surface area (Å²) in [6.07, 6.45) is 1.72. The smallest absolute Gasteiger partial charge is 0.417 e. The van der Waals surface area contributed by atoms with Crippen molar-refractivity contribution in [1.29, 1.82) is 0 Å². The van der Waals surface area contributed by atoms with Gasteiger partial charge in [-0.1, -0.05) is 26.0 Å². The molecule has 0 unspecified atom stereocenters. The Labute approximate surface area is 229 Å². The van der Waals surface area contributed by atoms with E-state index in [1.807, 2.05) is 13.8 Å². The molecular formula is C28H35N3O7S. The largest absolute Gasteiger partial charge is 0.508 e. The van der Waals surface area contributed by atoms with Crippen LogP contribution in [0.3, 0.4) is 0 Å². The maximum Gasteiger partial charge on any atom is 0.417 e. The first kappa shape index (κ1) is 28.5. The van der Waals surface area contributed by atoms with Crippen molar-refractivity contribution in [3.8, 4) is 11.5 Å². The summed E-state index contributed by atoms with van der Waals surface area (Å²) in [5.74, 6) is 0.392. The van der Waals surface area contributed by atoms with E-state index >= 15 is 0 Å². The quantitative estimate of drug-likeness (QED) is 0.368. The molecule has 1 saturated heterocycles. The molecule has 2 atom stereocenters. The minimum absolute atomic E-state index is 0.00651. The van der Waals surface area contributed by atoms with Gasteiger partial charge in [-0.3, -0.25) is 4.90 Å². The van der Waals surface area contributed by atoms with Crippen molar-refractivity contribution in [3.05, 3.63) is 72.7 Å². The van der Waals surface area contributed by atoms with Crippen LogP contribution in [0.15, 0.2) is 76.4 Å². The molecule has 4 rings (SSSR count). The van der Waals surface area contributed by atoms with Crippen LogP contribution in [0, 0.1) is 5.92 Å². The van der Waals surface area contributed by atoms with Gasteiger partial charge in [0.05, 0.1) is 23.3 Å². The Balaban J connectivity index is 1.69. The molecule has 0 aliphatic carbocycles. The number of furan rings is 1. The van der Waals surface area contributed by atoms with Crippen LogP contribution < -0.4 is 10.5 Å². The number of phenols is 1. The summed E-state index contributed by atoms with van der Waals surface area (Å²) in [5, 5.41) is 9.75. The third-order valence-corrected chi connectivity index (χ3v) is 8.37. The van der Waals surface area contributed by atoms with E-state index in [1.54, 1.807) is 50.2 Å². The Morgan fingerprint density at radius 2 is 1.79 bits per heavy atom. The standard InChI is InChI=1S/C28H35N3O7S/c1-19(2)16-30(39(34,35)24-11-7-21(29)8-12-24)17-26-25(15-20-5-9-22(32)10-6-20)31(28(3,4)38-26)27(33)37-23-13-14-36-18-23/h5-14,18-19,25-26,32H,15-17,29H2,1-4H3/t25-,26+/m0/s1. The van der Waals surface area contributed by atoms with Crippen molar-refractivity contribution in [2.75, 3.05) is 18.8 Å². The number of hydrogen-bond acceptors (Lipinski definition) is 8. The number of amides is 1. The van der Waals surface area contributed by atoms with Crippen molar-refractivity contribution >= 4 is 21.8 Å². The monoisotopic (exact) mass is 557 g/mol. The lowest BCUT2D eigenvalue weighted by Crippen LogP contribution is -2.51. The van der Waals surface area contributed by atoms with E-state index in [0.29, 0.717) is 12.1 Å². The molecule has 0 radical (unpaired) electrons. The zero-order valence-electron chi connectivity index (χ0n) is 22.5. The van der Waals surface area contributed by atoms with E-state index in [4.69, 9.17) is 19.6 Å². The Kier molecular flexibility index (Phi) is 8.24. The van der Waals surface area contributed by atoms with Crippen LogP contribution in [0.4, 0.5) is 10.5 Å². The summed E-state index contributed by atoms with van der Waals surface area (Å²) in [7, 11) is -3.90. The number of rotatable bonds is 9. The lowest BCUT2D eigenvalue weighted by Gasteiger charge is -2.33. The van der Waals surface area contributed by atoms with E-state index in [-0.39, 0.29) is 35.4 Å². The van der Waals surface area contributed by atoms with Crippen LogP contribution in [0.5, 0.6) is 11.5 Å². The van der Waals surface area contributed by atoms with Crippen molar-refractivity contribution in [3.63, 3.8) is 0 Å². The van der Waals surface area contributed by atoms with Crippen LogP contribution in [0.25, 0.3) is 0 Å². The van der Waals surface area contributed by atoms with Crippen LogP contribution in [0.1, 0.15) is 33.3 Å². The summed E-state index contributed by atoms with van der Waals surface area (Å²) in [6, 6.07) is 13.7. The highest BCUT2D eigenvalue weighted by Gasteiger charge is 2.51.